The van der Waals surface area contributed by atoms with Crippen molar-refractivity contribution in [3.05, 3.63) is 42.0 Å². The number of hydrogen-bond acceptors (Lipinski definition) is 5. The zero-order valence-electron chi connectivity index (χ0n) is 16.0. The van der Waals surface area contributed by atoms with Gasteiger partial charge in [-0.25, -0.2) is 0 Å². The number of ether oxygens (including phenoxy) is 2. The smallest absolute Gasteiger partial charge is 0.416 e. The molecule has 1 aromatic carbocycles. The molecule has 1 saturated carbocycles. The Morgan fingerprint density at radius 2 is 2.07 bits per heavy atom. The van der Waals surface area contributed by atoms with E-state index in [1.165, 1.54) is 18.2 Å². The van der Waals surface area contributed by atoms with Crippen LogP contribution in [-0.4, -0.2) is 52.9 Å². The number of benzene rings is 1. The normalized spacial score (nSPS) is 30.6. The molecule has 1 aromatic rings. The van der Waals surface area contributed by atoms with Crippen LogP contribution in [0.15, 0.2) is 36.4 Å². The van der Waals surface area contributed by atoms with Gasteiger partial charge in [0.05, 0.1) is 23.9 Å². The molecule has 3 rings (SSSR count). The standard InChI is InChI=1S/C21H27F3O5/c22-21(23,24)13-3-1-4-15(9-13)28-12-14(26)6-7-17-18-10-16(5-2-8-25)29-20(18)11-19(17)27/h1,3-4,6-7,9,14,16-20,25-27H,2,5,8,10-12H2/b7-6+/t14-,16?,17-,18-,19-,20+/m1/s1. The van der Waals surface area contributed by atoms with Crippen LogP contribution in [0.4, 0.5) is 13.2 Å². The molecule has 0 bridgehead atoms. The number of rotatable bonds is 8. The zero-order valence-corrected chi connectivity index (χ0v) is 16.0. The Morgan fingerprint density at radius 1 is 1.28 bits per heavy atom. The first kappa shape index (κ1) is 22.1. The fourth-order valence-corrected chi connectivity index (χ4v) is 4.21. The van der Waals surface area contributed by atoms with Gasteiger partial charge in [-0.3, -0.25) is 0 Å². The lowest BCUT2D eigenvalue weighted by molar-refractivity contribution is -0.137. The number of halogens is 3. The Bertz CT molecular complexity index is 693. The molecule has 0 amide bonds. The van der Waals surface area contributed by atoms with Crippen LogP contribution in [0.2, 0.25) is 0 Å². The van der Waals surface area contributed by atoms with E-state index in [2.05, 4.69) is 0 Å². The van der Waals surface area contributed by atoms with Crippen LogP contribution >= 0.6 is 0 Å². The molecular weight excluding hydrogens is 389 g/mol. The van der Waals surface area contributed by atoms with Crippen molar-refractivity contribution in [3.8, 4) is 5.75 Å². The summed E-state index contributed by atoms with van der Waals surface area (Å²) < 4.78 is 49.4. The lowest BCUT2D eigenvalue weighted by atomic mass is 9.89. The molecule has 1 unspecified atom stereocenters. The zero-order chi connectivity index (χ0) is 21.0. The minimum Gasteiger partial charge on any atom is -0.491 e. The van der Waals surface area contributed by atoms with E-state index in [-0.39, 0.29) is 43.0 Å². The van der Waals surface area contributed by atoms with Crippen LogP contribution in [0.25, 0.3) is 0 Å². The summed E-state index contributed by atoms with van der Waals surface area (Å²) in [6, 6.07) is 4.50. The van der Waals surface area contributed by atoms with Gasteiger partial charge in [-0.2, -0.15) is 13.2 Å². The first-order valence-electron chi connectivity index (χ1n) is 9.88. The summed E-state index contributed by atoms with van der Waals surface area (Å²) in [6.45, 7) is -0.0659. The highest BCUT2D eigenvalue weighted by Crippen LogP contribution is 2.44. The van der Waals surface area contributed by atoms with Crippen molar-refractivity contribution in [2.75, 3.05) is 13.2 Å². The molecule has 1 aliphatic carbocycles. The second-order valence-electron chi connectivity index (χ2n) is 7.73. The second kappa shape index (κ2) is 9.47. The molecule has 162 valence electrons. The van der Waals surface area contributed by atoms with Gasteiger partial charge in [-0.15, -0.1) is 0 Å². The van der Waals surface area contributed by atoms with Gasteiger partial charge in [0.2, 0.25) is 0 Å². The Morgan fingerprint density at radius 3 is 2.79 bits per heavy atom. The Kier molecular flexibility index (Phi) is 7.21. The van der Waals surface area contributed by atoms with E-state index < -0.39 is 23.9 Å². The van der Waals surface area contributed by atoms with Crippen LogP contribution in [-0.2, 0) is 10.9 Å². The summed E-state index contributed by atoms with van der Waals surface area (Å²) >= 11 is 0. The number of alkyl halides is 3. The number of aliphatic hydroxyl groups excluding tert-OH is 3. The van der Waals surface area contributed by atoms with Crippen molar-refractivity contribution in [1.82, 2.24) is 0 Å². The predicted molar refractivity (Wildman–Crippen MR) is 99.3 cm³/mol. The maximum atomic E-state index is 12.7. The molecule has 5 nitrogen and oxygen atoms in total. The maximum absolute atomic E-state index is 12.7. The minimum atomic E-state index is -4.45. The van der Waals surface area contributed by atoms with Crippen LogP contribution in [0.1, 0.15) is 31.2 Å². The fourth-order valence-electron chi connectivity index (χ4n) is 4.21. The summed E-state index contributed by atoms with van der Waals surface area (Å²) in [7, 11) is 0. The first-order chi connectivity index (χ1) is 13.8. The highest BCUT2D eigenvalue weighted by atomic mass is 19.4. The third-order valence-electron chi connectivity index (χ3n) is 5.61. The van der Waals surface area contributed by atoms with E-state index in [1.807, 2.05) is 0 Å². The average Bonchev–Trinajstić information content (AvgIpc) is 3.19. The minimum absolute atomic E-state index is 0.0261. The number of aliphatic hydroxyl groups is 3. The highest BCUT2D eigenvalue weighted by Gasteiger charge is 2.47. The molecule has 0 aromatic heterocycles. The molecule has 29 heavy (non-hydrogen) atoms. The lowest BCUT2D eigenvalue weighted by Gasteiger charge is -2.18. The van der Waals surface area contributed by atoms with Crippen molar-refractivity contribution in [3.63, 3.8) is 0 Å². The molecule has 8 heteroatoms. The van der Waals surface area contributed by atoms with Gasteiger partial charge in [0.15, 0.2) is 0 Å². The summed E-state index contributed by atoms with van der Waals surface area (Å²) in [5, 5.41) is 29.4. The molecule has 2 fully saturated rings. The molecular formula is C21H27F3O5. The van der Waals surface area contributed by atoms with Crippen molar-refractivity contribution in [2.24, 2.45) is 11.8 Å². The fraction of sp³-hybridized carbons (Fsp3) is 0.619. The monoisotopic (exact) mass is 416 g/mol. The van der Waals surface area contributed by atoms with Gasteiger partial charge in [0.1, 0.15) is 18.5 Å². The average molecular weight is 416 g/mol. The molecule has 1 heterocycles. The molecule has 1 saturated heterocycles. The quantitative estimate of drug-likeness (QED) is 0.568. The van der Waals surface area contributed by atoms with Gasteiger partial charge in [0.25, 0.3) is 0 Å². The summed E-state index contributed by atoms with van der Waals surface area (Å²) in [5.74, 6) is 0.0352. The first-order valence-corrected chi connectivity index (χ1v) is 9.88. The molecule has 0 spiro atoms. The highest BCUT2D eigenvalue weighted by molar-refractivity contribution is 5.30. The van der Waals surface area contributed by atoms with Crippen molar-refractivity contribution < 1.29 is 38.0 Å². The summed E-state index contributed by atoms with van der Waals surface area (Å²) in [5.41, 5.74) is -0.808. The van der Waals surface area contributed by atoms with E-state index >= 15 is 0 Å². The lowest BCUT2D eigenvalue weighted by Crippen LogP contribution is -2.21. The van der Waals surface area contributed by atoms with Crippen LogP contribution < -0.4 is 4.74 Å². The van der Waals surface area contributed by atoms with Gasteiger partial charge >= 0.3 is 6.18 Å². The molecule has 1 aliphatic heterocycles. The molecule has 2 aliphatic rings. The Balaban J connectivity index is 1.52. The van der Waals surface area contributed by atoms with E-state index in [0.29, 0.717) is 12.8 Å². The maximum Gasteiger partial charge on any atom is 0.416 e. The van der Waals surface area contributed by atoms with Crippen molar-refractivity contribution in [1.29, 1.82) is 0 Å². The Hall–Kier alpha value is -1.61. The predicted octanol–water partition coefficient (Wildman–Crippen LogP) is 2.93. The topological polar surface area (TPSA) is 79.2 Å². The molecule has 3 N–H and O–H groups in total. The van der Waals surface area contributed by atoms with Gasteiger partial charge in [-0.1, -0.05) is 18.2 Å². The number of hydrogen-bond donors (Lipinski definition) is 3. The van der Waals surface area contributed by atoms with E-state index in [9.17, 15) is 23.4 Å². The summed E-state index contributed by atoms with van der Waals surface area (Å²) in [6.07, 6.45) is 0.0995. The van der Waals surface area contributed by atoms with Crippen LogP contribution in [0, 0.1) is 11.8 Å². The molecule has 6 atom stereocenters. The van der Waals surface area contributed by atoms with Gasteiger partial charge in [0, 0.05) is 18.9 Å². The van der Waals surface area contributed by atoms with Crippen molar-refractivity contribution in [2.45, 2.75) is 56.3 Å². The third-order valence-corrected chi connectivity index (χ3v) is 5.61. The van der Waals surface area contributed by atoms with Crippen LogP contribution in [0.3, 0.4) is 0 Å². The van der Waals surface area contributed by atoms with E-state index in [1.54, 1.807) is 6.08 Å². The van der Waals surface area contributed by atoms with Gasteiger partial charge in [-0.05, 0) is 43.4 Å². The van der Waals surface area contributed by atoms with E-state index in [0.717, 1.165) is 25.0 Å². The SMILES string of the molecule is OCCCC1C[C@@H]2[C@@H](/C=C/[C@@H](O)COc3cccc(C(F)(F)F)c3)[C@H](O)C[C@@H]2O1. The van der Waals surface area contributed by atoms with Crippen molar-refractivity contribution >= 4 is 0 Å². The number of fused-ring (bicyclic) bond motifs is 1. The largest absolute Gasteiger partial charge is 0.491 e. The Labute approximate surface area is 167 Å². The third kappa shape index (κ3) is 5.72. The summed E-state index contributed by atoms with van der Waals surface area (Å²) in [4.78, 5) is 0. The second-order valence-corrected chi connectivity index (χ2v) is 7.73. The van der Waals surface area contributed by atoms with Crippen LogP contribution in [0.5, 0.6) is 5.75 Å². The molecule has 0 radical (unpaired) electrons. The van der Waals surface area contributed by atoms with E-state index in [4.69, 9.17) is 14.6 Å². The van der Waals surface area contributed by atoms with Gasteiger partial charge < -0.3 is 24.8 Å².